The molecule has 4 unspecified atom stereocenters. The molecule has 5 fully saturated rings. The van der Waals surface area contributed by atoms with Gasteiger partial charge in [-0.3, -0.25) is 4.79 Å². The van der Waals surface area contributed by atoms with Crippen LogP contribution in [0.4, 0.5) is 0 Å². The molecular weight excluding hydrogens is 330 g/mol. The first-order valence-corrected chi connectivity index (χ1v) is 11.2. The lowest BCUT2D eigenvalue weighted by molar-refractivity contribution is -0.159. The molecule has 1 aromatic carbocycles. The number of carbonyl (C=O) groups excluding carboxylic acids is 1. The lowest BCUT2D eigenvalue weighted by atomic mass is 9.38. The highest BCUT2D eigenvalue weighted by Gasteiger charge is 2.64. The van der Waals surface area contributed by atoms with Gasteiger partial charge in [0, 0.05) is 11.8 Å². The van der Waals surface area contributed by atoms with Crippen LogP contribution in [0.15, 0.2) is 30.3 Å². The Labute approximate surface area is 164 Å². The van der Waals surface area contributed by atoms with E-state index in [1.807, 2.05) is 0 Å². The average Bonchev–Trinajstić information content (AvgIpc) is 2.62. The number of hydrogen-bond acceptors (Lipinski definition) is 2. The maximum atomic E-state index is 13.8. The van der Waals surface area contributed by atoms with E-state index >= 15 is 0 Å². The summed E-state index contributed by atoms with van der Waals surface area (Å²) in [5.74, 6) is 2.60. The van der Waals surface area contributed by atoms with E-state index in [2.05, 4.69) is 49.5 Å². The molecule has 0 radical (unpaired) electrons. The number of ketones is 1. The van der Waals surface area contributed by atoms with Crippen molar-refractivity contribution in [2.75, 3.05) is 13.1 Å². The lowest BCUT2D eigenvalue weighted by Gasteiger charge is -2.66. The second kappa shape index (κ2) is 6.17. The Morgan fingerprint density at radius 3 is 2.67 bits per heavy atom. The lowest BCUT2D eigenvalue weighted by Crippen LogP contribution is -2.60. The van der Waals surface area contributed by atoms with Crippen molar-refractivity contribution in [3.63, 3.8) is 0 Å². The van der Waals surface area contributed by atoms with E-state index in [0.29, 0.717) is 23.0 Å². The Hall–Kier alpha value is -1.15. The summed E-state index contributed by atoms with van der Waals surface area (Å²) in [6.07, 6.45) is 9.40. The summed E-state index contributed by atoms with van der Waals surface area (Å²) in [4.78, 5) is 13.8. The minimum atomic E-state index is -0.0331. The molecule has 1 saturated heterocycles. The van der Waals surface area contributed by atoms with Gasteiger partial charge in [-0.2, -0.15) is 0 Å². The Bertz CT molecular complexity index is 729. The number of rotatable bonds is 4. The molecule has 1 aliphatic heterocycles. The third-order valence-corrected chi connectivity index (χ3v) is 8.74. The molecule has 6 rings (SSSR count). The molecule has 0 aromatic heterocycles. The zero-order valence-electron chi connectivity index (χ0n) is 17.1. The van der Waals surface area contributed by atoms with E-state index in [0.717, 1.165) is 38.3 Å². The quantitative estimate of drug-likeness (QED) is 0.802. The third kappa shape index (κ3) is 2.90. The maximum absolute atomic E-state index is 13.8. The van der Waals surface area contributed by atoms with Crippen LogP contribution in [-0.2, 0) is 10.2 Å². The Balaban J connectivity index is 1.46. The van der Waals surface area contributed by atoms with Crippen LogP contribution in [0.5, 0.6) is 0 Å². The molecule has 0 spiro atoms. The van der Waals surface area contributed by atoms with E-state index in [1.165, 1.54) is 37.7 Å². The predicted octanol–water partition coefficient (Wildman–Crippen LogP) is 5.12. The van der Waals surface area contributed by atoms with Crippen LogP contribution < -0.4 is 5.32 Å². The second-order valence-electron chi connectivity index (χ2n) is 11.1. The second-order valence-corrected chi connectivity index (χ2v) is 11.1. The van der Waals surface area contributed by atoms with Gasteiger partial charge in [-0.1, -0.05) is 44.2 Å². The van der Waals surface area contributed by atoms with Crippen molar-refractivity contribution in [2.24, 2.45) is 28.6 Å². The summed E-state index contributed by atoms with van der Waals surface area (Å²) < 4.78 is 0. The van der Waals surface area contributed by atoms with Gasteiger partial charge in [-0.15, -0.1) is 0 Å². The molecule has 1 N–H and O–H groups in total. The van der Waals surface area contributed by atoms with Gasteiger partial charge < -0.3 is 5.32 Å². The van der Waals surface area contributed by atoms with Crippen molar-refractivity contribution in [3.8, 4) is 0 Å². The highest BCUT2D eigenvalue weighted by Crippen LogP contribution is 2.70. The minimum absolute atomic E-state index is 0.0331. The van der Waals surface area contributed by atoms with Crippen LogP contribution in [-0.4, -0.2) is 18.9 Å². The highest BCUT2D eigenvalue weighted by atomic mass is 16.1. The van der Waals surface area contributed by atoms with Gasteiger partial charge in [0.2, 0.25) is 0 Å². The molecule has 146 valence electrons. The Morgan fingerprint density at radius 1 is 1.11 bits per heavy atom. The molecule has 6 atom stereocenters. The number of piperidine rings is 1. The zero-order chi connectivity index (χ0) is 18.7. The number of hydrogen-bond donors (Lipinski definition) is 1. The normalized spacial score (nSPS) is 45.8. The van der Waals surface area contributed by atoms with Gasteiger partial charge in [0.15, 0.2) is 0 Å². The number of Topliss-reactive ketones (excluding diaryl/α,β-unsaturated/α-hetero) is 1. The van der Waals surface area contributed by atoms with E-state index in [9.17, 15) is 4.79 Å². The van der Waals surface area contributed by atoms with Crippen molar-refractivity contribution in [2.45, 2.75) is 70.6 Å². The summed E-state index contributed by atoms with van der Waals surface area (Å²) in [5, 5.41) is 3.50. The Morgan fingerprint density at radius 2 is 1.93 bits per heavy atom. The molecular formula is C25H35NO. The largest absolute Gasteiger partial charge is 0.316 e. The summed E-state index contributed by atoms with van der Waals surface area (Å²) in [6.45, 7) is 6.99. The molecule has 4 bridgehead atoms. The standard InChI is InChI=1S/C25H35NO/c1-18-14-26-9-8-20(18)10-22(27)25-13-19-11-23(2,16-25)15-24(12-19,17-25)21-6-4-3-5-7-21/h3-7,18-20,26H,8-17H2,1-2H3/t18?,19?,20?,23-,24-,25?/m1/s1. The van der Waals surface area contributed by atoms with Crippen LogP contribution >= 0.6 is 0 Å². The van der Waals surface area contributed by atoms with Crippen molar-refractivity contribution in [1.82, 2.24) is 5.32 Å². The molecule has 4 saturated carbocycles. The first kappa shape index (κ1) is 17.9. The number of carbonyl (C=O) groups is 1. The molecule has 0 amide bonds. The van der Waals surface area contributed by atoms with Crippen molar-refractivity contribution < 1.29 is 4.79 Å². The van der Waals surface area contributed by atoms with Crippen molar-refractivity contribution in [3.05, 3.63) is 35.9 Å². The zero-order valence-corrected chi connectivity index (χ0v) is 17.1. The van der Waals surface area contributed by atoms with E-state index in [4.69, 9.17) is 0 Å². The Kier molecular flexibility index (Phi) is 4.10. The monoisotopic (exact) mass is 365 g/mol. The number of benzene rings is 1. The summed E-state index contributed by atoms with van der Waals surface area (Å²) >= 11 is 0. The smallest absolute Gasteiger partial charge is 0.139 e. The van der Waals surface area contributed by atoms with Gasteiger partial charge in [0.05, 0.1) is 0 Å². The van der Waals surface area contributed by atoms with Gasteiger partial charge in [-0.05, 0) is 92.2 Å². The van der Waals surface area contributed by atoms with Crippen LogP contribution in [0.1, 0.15) is 70.8 Å². The topological polar surface area (TPSA) is 29.1 Å². The first-order valence-electron chi connectivity index (χ1n) is 11.2. The molecule has 1 heterocycles. The summed E-state index contributed by atoms with van der Waals surface area (Å²) in [7, 11) is 0. The van der Waals surface area contributed by atoms with Crippen LogP contribution in [0.3, 0.4) is 0 Å². The number of nitrogens with one attached hydrogen (secondary N) is 1. The fourth-order valence-corrected chi connectivity index (χ4v) is 8.17. The molecule has 4 aliphatic carbocycles. The predicted molar refractivity (Wildman–Crippen MR) is 110 cm³/mol. The first-order chi connectivity index (χ1) is 12.9. The SMILES string of the molecule is CC1CNCCC1CC(=O)C12CC3C[C@@](C)(C1)C[C@](c1ccccc1)(C3)C2. The van der Waals surface area contributed by atoms with E-state index in [1.54, 1.807) is 0 Å². The molecule has 2 nitrogen and oxygen atoms in total. The average molecular weight is 366 g/mol. The molecule has 1 aromatic rings. The third-order valence-electron chi connectivity index (χ3n) is 8.74. The van der Waals surface area contributed by atoms with Gasteiger partial charge >= 0.3 is 0 Å². The molecule has 2 heteroatoms. The highest BCUT2D eigenvalue weighted by molar-refractivity contribution is 5.86. The van der Waals surface area contributed by atoms with Crippen LogP contribution in [0, 0.1) is 28.6 Å². The fourth-order valence-electron chi connectivity index (χ4n) is 8.17. The summed E-state index contributed by atoms with van der Waals surface area (Å²) in [6, 6.07) is 11.2. The molecule has 5 aliphatic rings. The van der Waals surface area contributed by atoms with Crippen molar-refractivity contribution >= 4 is 5.78 Å². The fraction of sp³-hybridized carbons (Fsp3) is 0.720. The van der Waals surface area contributed by atoms with Gasteiger partial charge in [0.1, 0.15) is 5.78 Å². The van der Waals surface area contributed by atoms with Crippen molar-refractivity contribution in [1.29, 1.82) is 0 Å². The van der Waals surface area contributed by atoms with Crippen LogP contribution in [0.2, 0.25) is 0 Å². The van der Waals surface area contributed by atoms with Crippen LogP contribution in [0.25, 0.3) is 0 Å². The van der Waals surface area contributed by atoms with E-state index < -0.39 is 0 Å². The maximum Gasteiger partial charge on any atom is 0.139 e. The van der Waals surface area contributed by atoms with E-state index in [-0.39, 0.29) is 10.8 Å². The van der Waals surface area contributed by atoms with Gasteiger partial charge in [0.25, 0.3) is 0 Å². The minimum Gasteiger partial charge on any atom is -0.316 e. The van der Waals surface area contributed by atoms with Gasteiger partial charge in [-0.25, -0.2) is 0 Å². The molecule has 27 heavy (non-hydrogen) atoms. The summed E-state index contributed by atoms with van der Waals surface area (Å²) in [5.41, 5.74) is 2.09.